The molecule has 1 aliphatic rings. The predicted octanol–water partition coefficient (Wildman–Crippen LogP) is 3.04. The van der Waals surface area contributed by atoms with Crippen LogP contribution in [0.4, 0.5) is 0 Å². The van der Waals surface area contributed by atoms with E-state index in [1.54, 1.807) is 6.20 Å². The molecular weight excluding hydrogens is 312 g/mol. The highest BCUT2D eigenvalue weighted by atomic mass is 15.4. The van der Waals surface area contributed by atoms with E-state index in [4.69, 9.17) is 4.98 Å². The monoisotopic (exact) mass is 336 g/mol. The number of aryl methyl sites for hydroxylation is 2. The minimum Gasteiger partial charge on any atom is -0.289 e. The molecule has 1 aromatic carbocycles. The van der Waals surface area contributed by atoms with E-state index in [-0.39, 0.29) is 6.04 Å². The third-order valence-corrected chi connectivity index (χ3v) is 4.89. The van der Waals surface area contributed by atoms with Crippen LogP contribution in [0.15, 0.2) is 42.6 Å². The lowest BCUT2D eigenvalue weighted by Gasteiger charge is -2.35. The lowest BCUT2D eigenvalue weighted by molar-refractivity contribution is 0.132. The molecule has 130 valence electrons. The van der Waals surface area contributed by atoms with Crippen LogP contribution in [0.5, 0.6) is 0 Å². The summed E-state index contributed by atoms with van der Waals surface area (Å²) in [7, 11) is 1.94. The summed E-state index contributed by atoms with van der Waals surface area (Å²) in [5, 5.41) is 8.94. The molecule has 4 rings (SSSR count). The van der Waals surface area contributed by atoms with Gasteiger partial charge in [-0.25, -0.2) is 4.98 Å². The smallest absolute Gasteiger partial charge is 0.153 e. The normalized spacial score (nSPS) is 18.6. The van der Waals surface area contributed by atoms with Crippen LogP contribution in [0.25, 0.3) is 5.82 Å². The van der Waals surface area contributed by atoms with Crippen LogP contribution < -0.4 is 0 Å². The van der Waals surface area contributed by atoms with Crippen molar-refractivity contribution in [2.45, 2.75) is 38.8 Å². The molecule has 1 fully saturated rings. The summed E-state index contributed by atoms with van der Waals surface area (Å²) >= 11 is 0. The molecule has 1 atom stereocenters. The fourth-order valence-electron chi connectivity index (χ4n) is 3.68. The second-order valence-electron chi connectivity index (χ2n) is 6.71. The maximum atomic E-state index is 4.79. The Bertz CT molecular complexity index is 835. The third-order valence-electron chi connectivity index (χ3n) is 4.89. The molecule has 6 heteroatoms. The van der Waals surface area contributed by atoms with Gasteiger partial charge in [-0.3, -0.25) is 9.58 Å². The minimum absolute atomic E-state index is 0.282. The van der Waals surface area contributed by atoms with Crippen molar-refractivity contribution in [1.29, 1.82) is 0 Å². The number of likely N-dealkylation sites (tertiary alicyclic amines) is 1. The van der Waals surface area contributed by atoms with E-state index >= 15 is 0 Å². The molecule has 0 bridgehead atoms. The summed E-state index contributed by atoms with van der Waals surface area (Å²) in [6, 6.07) is 12.9. The number of benzene rings is 1. The molecule has 6 nitrogen and oxygen atoms in total. The van der Waals surface area contributed by atoms with Gasteiger partial charge in [-0.2, -0.15) is 9.78 Å². The van der Waals surface area contributed by atoms with Crippen LogP contribution in [0, 0.1) is 6.92 Å². The first-order valence-corrected chi connectivity index (χ1v) is 8.92. The third kappa shape index (κ3) is 3.22. The summed E-state index contributed by atoms with van der Waals surface area (Å²) in [5.74, 6) is 2.79. The van der Waals surface area contributed by atoms with Crippen LogP contribution >= 0.6 is 0 Å². The molecule has 0 amide bonds. The van der Waals surface area contributed by atoms with Crippen molar-refractivity contribution >= 4 is 0 Å². The van der Waals surface area contributed by atoms with Crippen LogP contribution in [-0.4, -0.2) is 36.0 Å². The van der Waals surface area contributed by atoms with Gasteiger partial charge in [-0.1, -0.05) is 36.8 Å². The number of hydrogen-bond donors (Lipinski definition) is 0. The zero-order valence-corrected chi connectivity index (χ0v) is 14.8. The SMILES string of the molecule is Cc1nc(C2CCCCN2Cc2ccccc2)n(-c2ccnn2C)n1. The van der Waals surface area contributed by atoms with Crippen LogP contribution in [0.2, 0.25) is 0 Å². The zero-order chi connectivity index (χ0) is 17.2. The number of rotatable bonds is 4. The van der Waals surface area contributed by atoms with E-state index in [0.717, 1.165) is 37.0 Å². The Morgan fingerprint density at radius 2 is 1.96 bits per heavy atom. The van der Waals surface area contributed by atoms with E-state index in [0.29, 0.717) is 0 Å². The lowest BCUT2D eigenvalue weighted by atomic mass is 10.0. The Morgan fingerprint density at radius 1 is 1.12 bits per heavy atom. The van der Waals surface area contributed by atoms with Gasteiger partial charge in [-0.15, -0.1) is 5.10 Å². The van der Waals surface area contributed by atoms with Crippen molar-refractivity contribution in [2.75, 3.05) is 6.54 Å². The molecule has 3 aromatic rings. The summed E-state index contributed by atoms with van der Waals surface area (Å²) < 4.78 is 3.82. The lowest BCUT2D eigenvalue weighted by Crippen LogP contribution is -2.34. The topological polar surface area (TPSA) is 51.8 Å². The largest absolute Gasteiger partial charge is 0.289 e. The van der Waals surface area contributed by atoms with Crippen LogP contribution in [0.3, 0.4) is 0 Å². The number of piperidine rings is 1. The molecule has 0 aliphatic carbocycles. The summed E-state index contributed by atoms with van der Waals surface area (Å²) in [6.45, 7) is 4.00. The fourth-order valence-corrected chi connectivity index (χ4v) is 3.68. The van der Waals surface area contributed by atoms with E-state index in [1.165, 1.54) is 18.4 Å². The first-order chi connectivity index (χ1) is 12.2. The van der Waals surface area contributed by atoms with Gasteiger partial charge in [0.1, 0.15) is 5.82 Å². The highest BCUT2D eigenvalue weighted by Crippen LogP contribution is 2.32. The van der Waals surface area contributed by atoms with Crippen LogP contribution in [-0.2, 0) is 13.6 Å². The average Bonchev–Trinajstić information content (AvgIpc) is 3.21. The van der Waals surface area contributed by atoms with Gasteiger partial charge in [0.05, 0.1) is 12.2 Å². The summed E-state index contributed by atoms with van der Waals surface area (Å²) in [4.78, 5) is 7.33. The molecule has 0 spiro atoms. The molecule has 2 aromatic heterocycles. The number of hydrogen-bond acceptors (Lipinski definition) is 4. The highest BCUT2D eigenvalue weighted by molar-refractivity contribution is 5.23. The maximum absolute atomic E-state index is 4.79. The first-order valence-electron chi connectivity index (χ1n) is 8.92. The number of aromatic nitrogens is 5. The van der Waals surface area contributed by atoms with E-state index in [2.05, 4.69) is 45.4 Å². The van der Waals surface area contributed by atoms with Crippen molar-refractivity contribution in [3.63, 3.8) is 0 Å². The Balaban J connectivity index is 1.68. The molecule has 1 unspecified atom stereocenters. The van der Waals surface area contributed by atoms with Gasteiger partial charge in [0.15, 0.2) is 11.6 Å². The second-order valence-corrected chi connectivity index (χ2v) is 6.71. The molecule has 3 heterocycles. The van der Waals surface area contributed by atoms with Crippen molar-refractivity contribution in [1.82, 2.24) is 29.4 Å². The summed E-state index contributed by atoms with van der Waals surface area (Å²) in [5.41, 5.74) is 1.35. The molecule has 0 radical (unpaired) electrons. The molecular formula is C19H24N6. The Morgan fingerprint density at radius 3 is 2.72 bits per heavy atom. The standard InChI is InChI=1S/C19H24N6/c1-15-21-19(25(22-15)18-11-12-20-23(18)2)17-10-6-7-13-24(17)14-16-8-4-3-5-9-16/h3-5,8-9,11-12,17H,6-7,10,13-14H2,1-2H3. The molecule has 1 aliphatic heterocycles. The molecule has 0 saturated carbocycles. The van der Waals surface area contributed by atoms with Gasteiger partial charge >= 0.3 is 0 Å². The first kappa shape index (κ1) is 16.0. The van der Waals surface area contributed by atoms with Gasteiger partial charge < -0.3 is 0 Å². The second kappa shape index (κ2) is 6.80. The van der Waals surface area contributed by atoms with Crippen molar-refractivity contribution in [2.24, 2.45) is 7.05 Å². The van der Waals surface area contributed by atoms with Crippen LogP contribution in [0.1, 0.15) is 42.5 Å². The Labute approximate surface area is 148 Å². The van der Waals surface area contributed by atoms with E-state index in [9.17, 15) is 0 Å². The van der Waals surface area contributed by atoms with Gasteiger partial charge in [-0.05, 0) is 31.9 Å². The van der Waals surface area contributed by atoms with Gasteiger partial charge in [0.25, 0.3) is 0 Å². The van der Waals surface area contributed by atoms with Crippen molar-refractivity contribution in [3.8, 4) is 5.82 Å². The molecule has 0 N–H and O–H groups in total. The van der Waals surface area contributed by atoms with E-state index < -0.39 is 0 Å². The summed E-state index contributed by atoms with van der Waals surface area (Å²) in [6.07, 6.45) is 5.39. The quantitative estimate of drug-likeness (QED) is 0.735. The van der Waals surface area contributed by atoms with Gasteiger partial charge in [0.2, 0.25) is 0 Å². The zero-order valence-electron chi connectivity index (χ0n) is 14.8. The minimum atomic E-state index is 0.282. The van der Waals surface area contributed by atoms with E-state index in [1.807, 2.05) is 29.4 Å². The van der Waals surface area contributed by atoms with Gasteiger partial charge in [0, 0.05) is 19.7 Å². The molecule has 1 saturated heterocycles. The van der Waals surface area contributed by atoms with Crippen molar-refractivity contribution in [3.05, 3.63) is 59.8 Å². The Kier molecular flexibility index (Phi) is 4.36. The average molecular weight is 336 g/mol. The number of nitrogens with zero attached hydrogens (tertiary/aromatic N) is 6. The van der Waals surface area contributed by atoms with Crippen molar-refractivity contribution < 1.29 is 0 Å². The molecule has 25 heavy (non-hydrogen) atoms. The fraction of sp³-hybridized carbons (Fsp3) is 0.421. The predicted molar refractivity (Wildman–Crippen MR) is 96.3 cm³/mol. The maximum Gasteiger partial charge on any atom is 0.153 e. The Hall–Kier alpha value is -2.47. The highest BCUT2D eigenvalue weighted by Gasteiger charge is 2.29.